The van der Waals surface area contributed by atoms with Gasteiger partial charge in [0.25, 0.3) is 5.56 Å². The van der Waals surface area contributed by atoms with Gasteiger partial charge in [0.2, 0.25) is 0 Å². The number of aryl methyl sites for hydroxylation is 2. The highest BCUT2D eigenvalue weighted by molar-refractivity contribution is 5.83. The molecule has 0 bridgehead atoms. The van der Waals surface area contributed by atoms with Gasteiger partial charge in [0, 0.05) is 5.39 Å². The monoisotopic (exact) mass is 380 g/mol. The molecule has 0 aliphatic carbocycles. The molecule has 1 heterocycles. The molecule has 0 aliphatic rings. The summed E-state index contributed by atoms with van der Waals surface area (Å²) in [6.45, 7) is 10.5. The summed E-state index contributed by atoms with van der Waals surface area (Å²) in [7, 11) is 0. The van der Waals surface area contributed by atoms with Crippen LogP contribution in [0.25, 0.3) is 10.8 Å². The molecule has 1 N–H and O–H groups in total. The highest BCUT2D eigenvalue weighted by Gasteiger charge is 2.16. The third-order valence-corrected chi connectivity index (χ3v) is 4.91. The van der Waals surface area contributed by atoms with Gasteiger partial charge in [-0.2, -0.15) is 5.10 Å². The van der Waals surface area contributed by atoms with E-state index in [1.807, 2.05) is 44.2 Å². The molecule has 2 aromatic carbocycles. The lowest BCUT2D eigenvalue weighted by atomic mass is 9.86. The van der Waals surface area contributed by atoms with Crippen LogP contribution in [0, 0.1) is 13.8 Å². The quantitative estimate of drug-likeness (QED) is 0.732. The van der Waals surface area contributed by atoms with Crippen LogP contribution in [0.1, 0.15) is 37.6 Å². The van der Waals surface area contributed by atoms with Gasteiger partial charge in [-0.1, -0.05) is 51.1 Å². The Morgan fingerprint density at radius 1 is 1.11 bits per heavy atom. The van der Waals surface area contributed by atoms with Crippen molar-refractivity contribution in [3.05, 3.63) is 69.6 Å². The molecule has 5 heteroatoms. The van der Waals surface area contributed by atoms with Crippen LogP contribution in [0.5, 0.6) is 5.75 Å². The molecule has 0 radical (unpaired) electrons. The molecule has 1 aromatic heterocycles. The lowest BCUT2D eigenvalue weighted by Gasteiger charge is -2.21. The minimum absolute atomic E-state index is 0.0730. The van der Waals surface area contributed by atoms with Crippen molar-refractivity contribution in [2.45, 2.75) is 52.7 Å². The first-order valence-corrected chi connectivity index (χ1v) is 9.55. The summed E-state index contributed by atoms with van der Waals surface area (Å²) < 4.78 is 7.12. The van der Waals surface area contributed by atoms with Crippen molar-refractivity contribution < 1.29 is 9.84 Å². The Kier molecular flexibility index (Phi) is 5.57. The Labute approximate surface area is 165 Å². The summed E-state index contributed by atoms with van der Waals surface area (Å²) in [4.78, 5) is 12.6. The molecule has 148 valence electrons. The topological polar surface area (TPSA) is 64.3 Å². The maximum atomic E-state index is 12.6. The number of aliphatic hydroxyl groups is 1. The Balaban J connectivity index is 1.72. The van der Waals surface area contributed by atoms with E-state index in [2.05, 4.69) is 31.9 Å². The van der Waals surface area contributed by atoms with Gasteiger partial charge in [0.05, 0.1) is 17.6 Å². The molecule has 1 atom stereocenters. The van der Waals surface area contributed by atoms with E-state index in [-0.39, 0.29) is 24.1 Å². The van der Waals surface area contributed by atoms with E-state index in [9.17, 15) is 9.90 Å². The van der Waals surface area contributed by atoms with Gasteiger partial charge in [-0.05, 0) is 42.5 Å². The van der Waals surface area contributed by atoms with Gasteiger partial charge >= 0.3 is 0 Å². The average molecular weight is 380 g/mol. The van der Waals surface area contributed by atoms with Crippen LogP contribution in [0.4, 0.5) is 0 Å². The maximum Gasteiger partial charge on any atom is 0.274 e. The standard InChI is InChI=1S/C23H28N2O3/c1-15-12-17(23(3,4)5)10-11-21(15)28-14-18(26)13-25-22(27)20-9-7-6-8-19(20)16(2)24-25/h6-12,18,26H,13-14H2,1-5H3/t18-/m1/s1. The van der Waals surface area contributed by atoms with Crippen LogP contribution in [0.2, 0.25) is 0 Å². The summed E-state index contributed by atoms with van der Waals surface area (Å²) in [5, 5.41) is 16.2. The van der Waals surface area contributed by atoms with Crippen molar-refractivity contribution in [1.29, 1.82) is 0 Å². The van der Waals surface area contributed by atoms with E-state index in [1.54, 1.807) is 6.07 Å². The van der Waals surface area contributed by atoms with Crippen molar-refractivity contribution in [2.24, 2.45) is 0 Å². The van der Waals surface area contributed by atoms with E-state index < -0.39 is 6.10 Å². The molecule has 0 saturated carbocycles. The van der Waals surface area contributed by atoms with Crippen LogP contribution in [0.15, 0.2) is 47.3 Å². The zero-order valence-electron chi connectivity index (χ0n) is 17.2. The number of ether oxygens (including phenoxy) is 1. The van der Waals surface area contributed by atoms with Crippen LogP contribution in [-0.2, 0) is 12.0 Å². The molecule has 0 amide bonds. The Morgan fingerprint density at radius 3 is 2.43 bits per heavy atom. The second-order valence-corrected chi connectivity index (χ2v) is 8.31. The van der Waals surface area contributed by atoms with Crippen molar-refractivity contribution in [1.82, 2.24) is 9.78 Å². The summed E-state index contributed by atoms with van der Waals surface area (Å²) >= 11 is 0. The molecule has 0 saturated heterocycles. The molecule has 0 aliphatic heterocycles. The maximum absolute atomic E-state index is 12.6. The number of fused-ring (bicyclic) bond motifs is 1. The molecule has 0 fully saturated rings. The van der Waals surface area contributed by atoms with E-state index in [4.69, 9.17) is 4.74 Å². The number of aromatic nitrogens is 2. The predicted octanol–water partition coefficient (Wildman–Crippen LogP) is 3.75. The fourth-order valence-corrected chi connectivity index (χ4v) is 3.24. The van der Waals surface area contributed by atoms with Crippen LogP contribution in [0.3, 0.4) is 0 Å². The molecule has 0 spiro atoms. The Bertz CT molecular complexity index is 1050. The molecule has 0 unspecified atom stereocenters. The predicted molar refractivity (Wildman–Crippen MR) is 112 cm³/mol. The first-order chi connectivity index (χ1) is 13.2. The van der Waals surface area contributed by atoms with Gasteiger partial charge in [0.1, 0.15) is 18.5 Å². The largest absolute Gasteiger partial charge is 0.491 e. The highest BCUT2D eigenvalue weighted by atomic mass is 16.5. The van der Waals surface area contributed by atoms with E-state index >= 15 is 0 Å². The zero-order valence-corrected chi connectivity index (χ0v) is 17.2. The second-order valence-electron chi connectivity index (χ2n) is 8.31. The lowest BCUT2D eigenvalue weighted by molar-refractivity contribution is 0.0877. The summed E-state index contributed by atoms with van der Waals surface area (Å²) in [5.41, 5.74) is 2.89. The molecule has 28 heavy (non-hydrogen) atoms. The smallest absolute Gasteiger partial charge is 0.274 e. The first-order valence-electron chi connectivity index (χ1n) is 9.55. The third-order valence-electron chi connectivity index (χ3n) is 4.91. The normalized spacial score (nSPS) is 12.9. The van der Waals surface area contributed by atoms with E-state index in [0.29, 0.717) is 5.39 Å². The van der Waals surface area contributed by atoms with Gasteiger partial charge in [-0.25, -0.2) is 4.68 Å². The van der Waals surface area contributed by atoms with Crippen molar-refractivity contribution in [2.75, 3.05) is 6.61 Å². The summed E-state index contributed by atoms with van der Waals surface area (Å²) in [6.07, 6.45) is -0.840. The minimum Gasteiger partial charge on any atom is -0.491 e. The molecular formula is C23H28N2O3. The number of benzene rings is 2. The SMILES string of the molecule is Cc1cc(C(C)(C)C)ccc1OC[C@H](O)Cn1nc(C)c2ccccc2c1=O. The van der Waals surface area contributed by atoms with Gasteiger partial charge < -0.3 is 9.84 Å². The van der Waals surface area contributed by atoms with E-state index in [0.717, 1.165) is 22.4 Å². The third kappa shape index (κ3) is 4.25. The number of hydrogen-bond donors (Lipinski definition) is 1. The number of aliphatic hydroxyl groups excluding tert-OH is 1. The fraction of sp³-hybridized carbons (Fsp3) is 0.391. The second kappa shape index (κ2) is 7.76. The minimum atomic E-state index is -0.840. The average Bonchev–Trinajstić information content (AvgIpc) is 2.64. The molecule has 3 aromatic rings. The van der Waals surface area contributed by atoms with Gasteiger partial charge in [-0.15, -0.1) is 0 Å². The molecule has 5 nitrogen and oxygen atoms in total. The van der Waals surface area contributed by atoms with Crippen LogP contribution < -0.4 is 10.3 Å². The number of hydrogen-bond acceptors (Lipinski definition) is 4. The van der Waals surface area contributed by atoms with Gasteiger partial charge in [0.15, 0.2) is 0 Å². The van der Waals surface area contributed by atoms with Crippen molar-refractivity contribution in [3.8, 4) is 5.75 Å². The van der Waals surface area contributed by atoms with Crippen molar-refractivity contribution >= 4 is 10.8 Å². The number of nitrogens with zero attached hydrogens (tertiary/aromatic N) is 2. The molecular weight excluding hydrogens is 352 g/mol. The molecule has 3 rings (SSSR count). The zero-order chi connectivity index (χ0) is 20.5. The Morgan fingerprint density at radius 2 is 1.79 bits per heavy atom. The lowest BCUT2D eigenvalue weighted by Crippen LogP contribution is -2.32. The first kappa shape index (κ1) is 20.1. The summed E-state index contributed by atoms with van der Waals surface area (Å²) in [6, 6.07) is 13.5. The fourth-order valence-electron chi connectivity index (χ4n) is 3.24. The van der Waals surface area contributed by atoms with Gasteiger partial charge in [-0.3, -0.25) is 4.79 Å². The van der Waals surface area contributed by atoms with E-state index in [1.165, 1.54) is 10.2 Å². The number of rotatable bonds is 5. The highest BCUT2D eigenvalue weighted by Crippen LogP contribution is 2.27. The van der Waals surface area contributed by atoms with Crippen LogP contribution >= 0.6 is 0 Å². The van der Waals surface area contributed by atoms with Crippen LogP contribution in [-0.4, -0.2) is 27.6 Å². The Hall–Kier alpha value is -2.66. The summed E-state index contributed by atoms with van der Waals surface area (Å²) in [5.74, 6) is 0.738. The van der Waals surface area contributed by atoms with Crippen molar-refractivity contribution in [3.63, 3.8) is 0 Å².